The van der Waals surface area contributed by atoms with Gasteiger partial charge >= 0.3 is 0 Å². The Hall–Kier alpha value is -2.32. The third-order valence-corrected chi connectivity index (χ3v) is 5.35. The average Bonchev–Trinajstić information content (AvgIpc) is 2.77. The van der Waals surface area contributed by atoms with Gasteiger partial charge in [0.1, 0.15) is 5.82 Å². The molecule has 3 rings (SSSR count). The summed E-state index contributed by atoms with van der Waals surface area (Å²) in [6.45, 7) is 3.59. The minimum atomic E-state index is -0.473. The molecule has 2 aromatic rings. The maximum Gasteiger partial charge on any atom is 0.254 e. The Morgan fingerprint density at radius 2 is 2.10 bits per heavy atom. The Labute approximate surface area is 183 Å². The summed E-state index contributed by atoms with van der Waals surface area (Å²) < 4.78 is 24.6. The molecule has 6 nitrogen and oxygen atoms in total. The summed E-state index contributed by atoms with van der Waals surface area (Å²) in [6.07, 6.45) is -0.0624. The largest absolute Gasteiger partial charge is 0.391 e. The van der Waals surface area contributed by atoms with Crippen LogP contribution >= 0.6 is 0 Å². The second-order valence-corrected chi connectivity index (χ2v) is 7.85. The van der Waals surface area contributed by atoms with Crippen LogP contribution in [0.3, 0.4) is 0 Å². The highest BCUT2D eigenvalue weighted by Crippen LogP contribution is 2.13. The zero-order valence-corrected chi connectivity index (χ0v) is 18.0. The van der Waals surface area contributed by atoms with Crippen molar-refractivity contribution in [1.82, 2.24) is 9.80 Å². The van der Waals surface area contributed by atoms with Crippen LogP contribution < -0.4 is 0 Å². The zero-order chi connectivity index (χ0) is 22.1. The first kappa shape index (κ1) is 23.3. The molecule has 0 saturated carbocycles. The fraction of sp³-hybridized carbons (Fsp3) is 0.458. The SMILES string of the molecule is COCCN(C[C@H]1CN(C[C@H](O)Cc2ccccc2)CCO1)C(=O)c1cccc(F)c1. The van der Waals surface area contributed by atoms with E-state index < -0.39 is 11.9 Å². The van der Waals surface area contributed by atoms with Gasteiger partial charge in [-0.15, -0.1) is 0 Å². The maximum absolute atomic E-state index is 13.6. The second-order valence-electron chi connectivity index (χ2n) is 7.85. The highest BCUT2D eigenvalue weighted by molar-refractivity contribution is 5.94. The molecule has 2 aromatic carbocycles. The van der Waals surface area contributed by atoms with Crippen LogP contribution in [0.5, 0.6) is 0 Å². The van der Waals surface area contributed by atoms with Gasteiger partial charge in [0.15, 0.2) is 0 Å². The second kappa shape index (κ2) is 11.9. The summed E-state index contributed by atoms with van der Waals surface area (Å²) in [4.78, 5) is 16.7. The lowest BCUT2D eigenvalue weighted by molar-refractivity contribution is -0.0515. The Balaban J connectivity index is 1.57. The number of ether oxygens (including phenoxy) is 2. The number of nitrogens with zero attached hydrogens (tertiary/aromatic N) is 2. The van der Waals surface area contributed by atoms with Gasteiger partial charge in [-0.1, -0.05) is 36.4 Å². The molecule has 0 spiro atoms. The molecule has 1 aliphatic heterocycles. The standard InChI is InChI=1S/C24H31FN2O4/c1-30-12-11-27(24(29)20-8-5-9-21(25)15-20)18-23-17-26(10-13-31-23)16-22(28)14-19-6-3-2-4-7-19/h2-9,15,22-23,28H,10-14,16-18H2,1H3/t22-,23-/m1/s1. The van der Waals surface area contributed by atoms with Crippen LogP contribution in [0.25, 0.3) is 0 Å². The number of β-amino-alcohol motifs (C(OH)–C–C–N with tert-alkyl or cyclic N) is 1. The van der Waals surface area contributed by atoms with E-state index in [4.69, 9.17) is 9.47 Å². The van der Waals surface area contributed by atoms with E-state index in [1.807, 2.05) is 30.3 Å². The fourth-order valence-corrected chi connectivity index (χ4v) is 3.83. The Morgan fingerprint density at radius 3 is 2.84 bits per heavy atom. The predicted molar refractivity (Wildman–Crippen MR) is 117 cm³/mol. The Morgan fingerprint density at radius 1 is 1.29 bits per heavy atom. The lowest BCUT2D eigenvalue weighted by Gasteiger charge is -2.36. The third-order valence-electron chi connectivity index (χ3n) is 5.35. The fourth-order valence-electron chi connectivity index (χ4n) is 3.83. The molecule has 0 unspecified atom stereocenters. The molecule has 1 heterocycles. The molecular formula is C24H31FN2O4. The predicted octanol–water partition coefficient (Wildman–Crippen LogP) is 2.22. The van der Waals surface area contributed by atoms with Crippen molar-refractivity contribution in [3.05, 3.63) is 71.5 Å². The maximum atomic E-state index is 13.6. The van der Waals surface area contributed by atoms with Crippen molar-refractivity contribution in [3.8, 4) is 0 Å². The van der Waals surface area contributed by atoms with Crippen LogP contribution in [-0.4, -0.2) is 86.1 Å². The zero-order valence-electron chi connectivity index (χ0n) is 18.0. The van der Waals surface area contributed by atoms with Crippen molar-refractivity contribution in [1.29, 1.82) is 0 Å². The van der Waals surface area contributed by atoms with Crippen LogP contribution in [0.15, 0.2) is 54.6 Å². The van der Waals surface area contributed by atoms with Crippen LogP contribution in [0.4, 0.5) is 4.39 Å². The number of rotatable bonds is 10. The van der Waals surface area contributed by atoms with E-state index in [0.717, 1.165) is 12.1 Å². The first-order valence-corrected chi connectivity index (χ1v) is 10.6. The van der Waals surface area contributed by atoms with Crippen molar-refractivity contribution in [2.24, 2.45) is 0 Å². The van der Waals surface area contributed by atoms with Gasteiger partial charge in [0.05, 0.1) is 25.4 Å². The highest BCUT2D eigenvalue weighted by atomic mass is 19.1. The first-order chi connectivity index (χ1) is 15.0. The van der Waals surface area contributed by atoms with Crippen molar-refractivity contribution in [2.75, 3.05) is 53.0 Å². The number of amides is 1. The minimum absolute atomic E-state index is 0.188. The molecule has 7 heteroatoms. The summed E-state index contributed by atoms with van der Waals surface area (Å²) in [5.74, 6) is -0.688. The minimum Gasteiger partial charge on any atom is -0.391 e. The van der Waals surface area contributed by atoms with Gasteiger partial charge in [0.2, 0.25) is 0 Å². The molecule has 31 heavy (non-hydrogen) atoms. The number of halogens is 1. The number of morpholine rings is 1. The Bertz CT molecular complexity index is 820. The quantitative estimate of drug-likeness (QED) is 0.626. The molecule has 0 aliphatic carbocycles. The lowest BCUT2D eigenvalue weighted by atomic mass is 10.1. The van der Waals surface area contributed by atoms with E-state index in [0.29, 0.717) is 51.4 Å². The van der Waals surface area contributed by atoms with Gasteiger partial charge in [0, 0.05) is 45.4 Å². The van der Waals surface area contributed by atoms with E-state index in [2.05, 4.69) is 4.90 Å². The third kappa shape index (κ3) is 7.40. The molecule has 0 aromatic heterocycles. The number of hydrogen-bond acceptors (Lipinski definition) is 5. The number of benzene rings is 2. The molecule has 1 saturated heterocycles. The normalized spacial score (nSPS) is 18.0. The van der Waals surface area contributed by atoms with Crippen LogP contribution in [-0.2, 0) is 15.9 Å². The molecule has 0 radical (unpaired) electrons. The van der Waals surface area contributed by atoms with Crippen molar-refractivity contribution in [2.45, 2.75) is 18.6 Å². The van der Waals surface area contributed by atoms with Gasteiger partial charge in [-0.2, -0.15) is 0 Å². The Kier molecular flexibility index (Phi) is 8.97. The molecule has 1 amide bonds. The smallest absolute Gasteiger partial charge is 0.254 e. The summed E-state index contributed by atoms with van der Waals surface area (Å²) in [7, 11) is 1.58. The summed E-state index contributed by atoms with van der Waals surface area (Å²) in [5, 5.41) is 10.5. The highest BCUT2D eigenvalue weighted by Gasteiger charge is 2.26. The average molecular weight is 431 g/mol. The van der Waals surface area contributed by atoms with Gasteiger partial charge in [-0.25, -0.2) is 4.39 Å². The number of carbonyl (C=O) groups is 1. The summed E-state index contributed by atoms with van der Waals surface area (Å²) in [5.41, 5.74) is 1.41. The molecule has 2 atom stereocenters. The lowest BCUT2D eigenvalue weighted by Crippen LogP contribution is -2.51. The van der Waals surface area contributed by atoms with Crippen molar-refractivity contribution < 1.29 is 23.8 Å². The van der Waals surface area contributed by atoms with Gasteiger partial charge in [-0.3, -0.25) is 9.69 Å². The number of methoxy groups -OCH3 is 1. The van der Waals surface area contributed by atoms with Gasteiger partial charge in [-0.05, 0) is 30.2 Å². The summed E-state index contributed by atoms with van der Waals surface area (Å²) in [6, 6.07) is 15.6. The monoisotopic (exact) mass is 430 g/mol. The summed E-state index contributed by atoms with van der Waals surface area (Å²) >= 11 is 0. The van der Waals surface area contributed by atoms with Crippen molar-refractivity contribution >= 4 is 5.91 Å². The van der Waals surface area contributed by atoms with Crippen molar-refractivity contribution in [3.63, 3.8) is 0 Å². The number of aliphatic hydroxyl groups excluding tert-OH is 1. The van der Waals surface area contributed by atoms with Gasteiger partial charge < -0.3 is 19.5 Å². The number of aliphatic hydroxyl groups is 1. The molecule has 1 aliphatic rings. The van der Waals surface area contributed by atoms with E-state index in [1.165, 1.54) is 18.2 Å². The van der Waals surface area contributed by atoms with Crippen LogP contribution in [0.1, 0.15) is 15.9 Å². The van der Waals surface area contributed by atoms with Crippen LogP contribution in [0, 0.1) is 5.82 Å². The number of hydrogen-bond donors (Lipinski definition) is 1. The van der Waals surface area contributed by atoms with E-state index in [9.17, 15) is 14.3 Å². The molecule has 168 valence electrons. The topological polar surface area (TPSA) is 62.2 Å². The van der Waals surface area contributed by atoms with Gasteiger partial charge in [0.25, 0.3) is 5.91 Å². The molecular weight excluding hydrogens is 399 g/mol. The molecule has 1 N–H and O–H groups in total. The number of carbonyl (C=O) groups excluding carboxylic acids is 1. The van der Waals surface area contributed by atoms with E-state index in [1.54, 1.807) is 18.1 Å². The van der Waals surface area contributed by atoms with E-state index >= 15 is 0 Å². The first-order valence-electron chi connectivity index (χ1n) is 10.6. The van der Waals surface area contributed by atoms with Crippen LogP contribution in [0.2, 0.25) is 0 Å². The molecule has 1 fully saturated rings. The molecule has 0 bridgehead atoms. The van der Waals surface area contributed by atoms with E-state index in [-0.39, 0.29) is 12.0 Å².